The molecule has 0 saturated heterocycles. The van der Waals surface area contributed by atoms with Gasteiger partial charge in [-0.2, -0.15) is 0 Å². The fraction of sp³-hybridized carbons (Fsp3) is 0.211. The maximum Gasteiger partial charge on any atom is 0.183 e. The number of aryl methyl sites for hydroxylation is 1. The Morgan fingerprint density at radius 2 is 1.88 bits per heavy atom. The largest absolute Gasteiger partial charge is 0.330 e. The summed E-state index contributed by atoms with van der Waals surface area (Å²) in [5, 5.41) is 2.83. The molecule has 0 bridgehead atoms. The molecule has 0 aliphatic heterocycles. The summed E-state index contributed by atoms with van der Waals surface area (Å²) in [4.78, 5) is 4.89. The summed E-state index contributed by atoms with van der Waals surface area (Å²) in [6.45, 7) is 2.48. The number of benzene rings is 2. The summed E-state index contributed by atoms with van der Waals surface area (Å²) in [7, 11) is -3.47. The van der Waals surface area contributed by atoms with E-state index >= 15 is 0 Å². The SMILES string of the molecule is Cc1ccc(S(=O)(=O)Cc2ccccc2)c(-c2csc(CCN)n2)c1. The molecule has 1 aromatic heterocycles. The Morgan fingerprint density at radius 3 is 2.60 bits per heavy atom. The third-order valence-electron chi connectivity index (χ3n) is 3.86. The van der Waals surface area contributed by atoms with Crippen LogP contribution in [-0.4, -0.2) is 19.9 Å². The van der Waals surface area contributed by atoms with Gasteiger partial charge in [0.05, 0.1) is 21.3 Å². The lowest BCUT2D eigenvalue weighted by Crippen LogP contribution is -2.07. The average molecular weight is 373 g/mol. The number of aromatic nitrogens is 1. The molecule has 0 radical (unpaired) electrons. The molecule has 0 amide bonds. The number of hydrogen-bond acceptors (Lipinski definition) is 5. The van der Waals surface area contributed by atoms with Gasteiger partial charge in [-0.15, -0.1) is 11.3 Å². The maximum atomic E-state index is 13.0. The lowest BCUT2D eigenvalue weighted by atomic mass is 10.1. The molecular weight excluding hydrogens is 352 g/mol. The van der Waals surface area contributed by atoms with Gasteiger partial charge in [-0.1, -0.05) is 42.0 Å². The lowest BCUT2D eigenvalue weighted by Gasteiger charge is -2.10. The highest BCUT2D eigenvalue weighted by molar-refractivity contribution is 7.90. The van der Waals surface area contributed by atoms with Gasteiger partial charge in [0.2, 0.25) is 0 Å². The van der Waals surface area contributed by atoms with Crippen molar-refractivity contribution in [2.24, 2.45) is 5.73 Å². The molecule has 130 valence electrons. The highest BCUT2D eigenvalue weighted by Gasteiger charge is 2.21. The van der Waals surface area contributed by atoms with Gasteiger partial charge in [0.1, 0.15) is 0 Å². The first kappa shape index (κ1) is 17.8. The maximum absolute atomic E-state index is 13.0. The minimum Gasteiger partial charge on any atom is -0.330 e. The van der Waals surface area contributed by atoms with E-state index in [1.807, 2.05) is 54.8 Å². The molecule has 4 nitrogen and oxygen atoms in total. The van der Waals surface area contributed by atoms with Gasteiger partial charge in [0, 0.05) is 17.4 Å². The molecule has 0 atom stereocenters. The second-order valence-electron chi connectivity index (χ2n) is 5.91. The molecule has 2 N–H and O–H groups in total. The van der Waals surface area contributed by atoms with Gasteiger partial charge < -0.3 is 5.73 Å². The van der Waals surface area contributed by atoms with Gasteiger partial charge in [0.15, 0.2) is 9.84 Å². The minimum atomic E-state index is -3.47. The quantitative estimate of drug-likeness (QED) is 0.717. The summed E-state index contributed by atoms with van der Waals surface area (Å²) in [5.41, 5.74) is 8.72. The third-order valence-corrected chi connectivity index (χ3v) is 6.50. The zero-order chi connectivity index (χ0) is 17.9. The summed E-state index contributed by atoms with van der Waals surface area (Å²) in [6.07, 6.45) is 0.697. The average Bonchev–Trinajstić information content (AvgIpc) is 3.04. The number of thiazole rings is 1. The van der Waals surface area contributed by atoms with Gasteiger partial charge in [-0.25, -0.2) is 13.4 Å². The molecule has 0 saturated carbocycles. The number of hydrogen-bond donors (Lipinski definition) is 1. The number of rotatable bonds is 6. The van der Waals surface area contributed by atoms with Crippen LogP contribution in [0, 0.1) is 6.92 Å². The molecule has 1 heterocycles. The van der Waals surface area contributed by atoms with Gasteiger partial charge in [-0.05, 0) is 31.2 Å². The molecule has 3 rings (SSSR count). The van der Waals surface area contributed by atoms with Crippen molar-refractivity contribution in [1.29, 1.82) is 0 Å². The molecule has 0 spiro atoms. The fourth-order valence-corrected chi connectivity index (χ4v) is 5.03. The molecule has 3 aromatic rings. The zero-order valence-electron chi connectivity index (χ0n) is 14.0. The van der Waals surface area contributed by atoms with Gasteiger partial charge in [0.25, 0.3) is 0 Å². The predicted octanol–water partition coefficient (Wildman–Crippen LogP) is 3.59. The molecule has 6 heteroatoms. The standard InChI is InChI=1S/C19H20N2O2S2/c1-14-7-8-18(25(22,23)13-15-5-3-2-4-6-15)16(11-14)17-12-24-19(21-17)9-10-20/h2-8,11-12H,9-10,13,20H2,1H3. The zero-order valence-corrected chi connectivity index (χ0v) is 15.6. The summed E-state index contributed by atoms with van der Waals surface area (Å²) in [5.74, 6) is -0.0241. The van der Waals surface area contributed by atoms with E-state index in [9.17, 15) is 8.42 Å². The first-order valence-corrected chi connectivity index (χ1v) is 10.5. The molecule has 0 fully saturated rings. The van der Waals surface area contributed by atoms with Crippen molar-refractivity contribution in [3.8, 4) is 11.3 Å². The fourth-order valence-electron chi connectivity index (χ4n) is 2.66. The van der Waals surface area contributed by atoms with Crippen LogP contribution in [0.25, 0.3) is 11.3 Å². The van der Waals surface area contributed by atoms with Crippen LogP contribution in [0.4, 0.5) is 0 Å². The van der Waals surface area contributed by atoms with Gasteiger partial charge >= 0.3 is 0 Å². The molecule has 25 heavy (non-hydrogen) atoms. The van der Waals surface area contributed by atoms with Crippen LogP contribution in [0.3, 0.4) is 0 Å². The second kappa shape index (κ2) is 7.47. The van der Waals surface area contributed by atoms with Crippen LogP contribution in [0.1, 0.15) is 16.1 Å². The topological polar surface area (TPSA) is 73.0 Å². The van der Waals surface area contributed by atoms with Crippen molar-refractivity contribution in [2.45, 2.75) is 24.0 Å². The minimum absolute atomic E-state index is 0.0241. The smallest absolute Gasteiger partial charge is 0.183 e. The van der Waals surface area contributed by atoms with E-state index in [0.29, 0.717) is 29.1 Å². The van der Waals surface area contributed by atoms with E-state index in [-0.39, 0.29) is 5.75 Å². The van der Waals surface area contributed by atoms with E-state index in [1.165, 1.54) is 11.3 Å². The summed E-state index contributed by atoms with van der Waals surface area (Å²) < 4.78 is 26.0. The molecule has 0 aliphatic carbocycles. The first-order chi connectivity index (χ1) is 12.0. The number of nitrogens with two attached hydrogens (primary N) is 1. The van der Waals surface area contributed by atoms with E-state index in [2.05, 4.69) is 4.98 Å². The Balaban J connectivity index is 2.04. The van der Waals surface area contributed by atoms with Crippen molar-refractivity contribution in [3.63, 3.8) is 0 Å². The van der Waals surface area contributed by atoms with Gasteiger partial charge in [-0.3, -0.25) is 0 Å². The van der Waals surface area contributed by atoms with Crippen molar-refractivity contribution in [3.05, 3.63) is 70.0 Å². The van der Waals surface area contributed by atoms with Crippen LogP contribution in [-0.2, 0) is 22.0 Å². The van der Waals surface area contributed by atoms with Crippen LogP contribution in [0.5, 0.6) is 0 Å². The highest BCUT2D eigenvalue weighted by Crippen LogP contribution is 2.31. The van der Waals surface area contributed by atoms with Crippen LogP contribution >= 0.6 is 11.3 Å². The second-order valence-corrected chi connectivity index (χ2v) is 8.81. The van der Waals surface area contributed by atoms with Crippen LogP contribution in [0.15, 0.2) is 58.8 Å². The molecule has 0 aliphatic rings. The third kappa shape index (κ3) is 4.15. The van der Waals surface area contributed by atoms with Crippen molar-refractivity contribution >= 4 is 21.2 Å². The first-order valence-electron chi connectivity index (χ1n) is 8.02. The summed E-state index contributed by atoms with van der Waals surface area (Å²) in [6, 6.07) is 14.6. The van der Waals surface area contributed by atoms with E-state index in [4.69, 9.17) is 5.73 Å². The van der Waals surface area contributed by atoms with E-state index in [0.717, 1.165) is 16.1 Å². The monoisotopic (exact) mass is 372 g/mol. The van der Waals surface area contributed by atoms with E-state index < -0.39 is 9.84 Å². The molecule has 0 unspecified atom stereocenters. The Bertz CT molecular complexity index is 964. The van der Waals surface area contributed by atoms with Crippen molar-refractivity contribution in [2.75, 3.05) is 6.54 Å². The number of sulfone groups is 1. The van der Waals surface area contributed by atoms with Crippen LogP contribution in [0.2, 0.25) is 0 Å². The van der Waals surface area contributed by atoms with Crippen LogP contribution < -0.4 is 5.73 Å². The molecular formula is C19H20N2O2S2. The van der Waals surface area contributed by atoms with Crippen molar-refractivity contribution < 1.29 is 8.42 Å². The lowest BCUT2D eigenvalue weighted by molar-refractivity contribution is 0.595. The Morgan fingerprint density at radius 1 is 1.12 bits per heavy atom. The molecule has 2 aromatic carbocycles. The highest BCUT2D eigenvalue weighted by atomic mass is 32.2. The predicted molar refractivity (Wildman–Crippen MR) is 102 cm³/mol. The normalized spacial score (nSPS) is 11.6. The summed E-state index contributed by atoms with van der Waals surface area (Å²) >= 11 is 1.51. The van der Waals surface area contributed by atoms with Crippen molar-refractivity contribution in [1.82, 2.24) is 4.98 Å². The number of nitrogens with zero attached hydrogens (tertiary/aromatic N) is 1. The van der Waals surface area contributed by atoms with E-state index in [1.54, 1.807) is 6.07 Å². The Kier molecular flexibility index (Phi) is 5.32. The Labute approximate surface area is 152 Å². The Hall–Kier alpha value is -2.02.